The first kappa shape index (κ1) is 15.3. The summed E-state index contributed by atoms with van der Waals surface area (Å²) in [6.07, 6.45) is 3.50. The maximum Gasteiger partial charge on any atom is 0.256 e. The molecule has 0 bridgehead atoms. The van der Waals surface area contributed by atoms with Crippen molar-refractivity contribution in [2.24, 2.45) is 5.41 Å². The Labute approximate surface area is 134 Å². The Morgan fingerprint density at radius 1 is 1.30 bits per heavy atom. The van der Waals surface area contributed by atoms with E-state index >= 15 is 0 Å². The first-order chi connectivity index (χ1) is 11.1. The van der Waals surface area contributed by atoms with Gasteiger partial charge in [0.2, 0.25) is 0 Å². The first-order valence-corrected chi connectivity index (χ1v) is 7.73. The Morgan fingerprint density at radius 2 is 2.04 bits per heavy atom. The van der Waals surface area contributed by atoms with E-state index in [1.807, 2.05) is 30.3 Å². The smallest absolute Gasteiger partial charge is 0.256 e. The average molecular weight is 312 g/mol. The van der Waals surface area contributed by atoms with Gasteiger partial charge < -0.3 is 15.0 Å². The molecule has 2 N–H and O–H groups in total. The molecule has 0 spiro atoms. The fourth-order valence-electron chi connectivity index (χ4n) is 2.42. The number of aromatic nitrogens is 1. The zero-order chi connectivity index (χ0) is 16.3. The molecule has 0 unspecified atom stereocenters. The summed E-state index contributed by atoms with van der Waals surface area (Å²) in [6, 6.07) is 11.1. The first-order valence-electron chi connectivity index (χ1n) is 7.73. The molecule has 1 saturated carbocycles. The lowest BCUT2D eigenvalue weighted by atomic mass is 10.1. The topological polar surface area (TPSA) is 71.2 Å². The van der Waals surface area contributed by atoms with Crippen LogP contribution in [-0.4, -0.2) is 24.0 Å². The second-order valence-electron chi connectivity index (χ2n) is 6.18. The Balaban J connectivity index is 1.55. The van der Waals surface area contributed by atoms with Gasteiger partial charge in [0, 0.05) is 29.9 Å². The number of carbonyl (C=O) groups excluding carboxylic acids is 1. The third-order valence-electron chi connectivity index (χ3n) is 4.17. The molecule has 0 saturated heterocycles. The minimum atomic E-state index is -0.336. The predicted molar refractivity (Wildman–Crippen MR) is 87.7 cm³/mol. The molecule has 0 aliphatic heterocycles. The Hall–Kier alpha value is -2.56. The fraction of sp³-hybridized carbons (Fsp3) is 0.333. The number of benzene rings is 1. The normalized spacial score (nSPS) is 15.0. The van der Waals surface area contributed by atoms with E-state index in [9.17, 15) is 9.59 Å². The van der Waals surface area contributed by atoms with E-state index < -0.39 is 0 Å². The van der Waals surface area contributed by atoms with Crippen LogP contribution in [0.15, 0.2) is 47.4 Å². The molecule has 3 rings (SSSR count). The van der Waals surface area contributed by atoms with Crippen molar-refractivity contribution in [1.29, 1.82) is 0 Å². The lowest BCUT2D eigenvalue weighted by Gasteiger charge is -2.17. The zero-order valence-corrected chi connectivity index (χ0v) is 13.1. The number of aryl methyl sites for hydroxylation is 1. The predicted octanol–water partition coefficient (Wildman–Crippen LogP) is 2.27. The molecule has 1 aromatic heterocycles. The van der Waals surface area contributed by atoms with Gasteiger partial charge in [0.1, 0.15) is 11.3 Å². The molecule has 120 valence electrons. The van der Waals surface area contributed by atoms with Gasteiger partial charge >= 0.3 is 0 Å². The maximum absolute atomic E-state index is 12.2. The summed E-state index contributed by atoms with van der Waals surface area (Å²) in [7, 11) is 0. The lowest BCUT2D eigenvalue weighted by Crippen LogP contribution is -2.35. The number of hydrogen-bond donors (Lipinski definition) is 2. The maximum atomic E-state index is 12.2. The standard InChI is InChI=1S/C18H20N2O3/c1-13-9-16(21)15(10-19-13)17(22)20-11-18(7-8-18)12-23-14-5-3-2-4-6-14/h2-6,9-10H,7-8,11-12H2,1H3,(H,19,21)(H,20,22). The highest BCUT2D eigenvalue weighted by atomic mass is 16.5. The lowest BCUT2D eigenvalue weighted by molar-refractivity contribution is 0.0936. The summed E-state index contributed by atoms with van der Waals surface area (Å²) < 4.78 is 5.79. The Kier molecular flexibility index (Phi) is 4.19. The van der Waals surface area contributed by atoms with Gasteiger partial charge in [-0.05, 0) is 31.9 Å². The van der Waals surface area contributed by atoms with Crippen molar-refractivity contribution < 1.29 is 9.53 Å². The molecule has 1 fully saturated rings. The Bertz CT molecular complexity index is 748. The van der Waals surface area contributed by atoms with Crippen molar-refractivity contribution in [3.8, 4) is 5.75 Å². The van der Waals surface area contributed by atoms with E-state index in [4.69, 9.17) is 4.74 Å². The van der Waals surface area contributed by atoms with Crippen LogP contribution < -0.4 is 15.5 Å². The molecule has 0 radical (unpaired) electrons. The van der Waals surface area contributed by atoms with Gasteiger partial charge in [-0.1, -0.05) is 18.2 Å². The average Bonchev–Trinajstić information content (AvgIpc) is 3.32. The van der Waals surface area contributed by atoms with Crippen molar-refractivity contribution in [2.75, 3.05) is 13.2 Å². The van der Waals surface area contributed by atoms with Crippen LogP contribution in [0.25, 0.3) is 0 Å². The van der Waals surface area contributed by atoms with Gasteiger partial charge in [-0.25, -0.2) is 0 Å². The van der Waals surface area contributed by atoms with Crippen molar-refractivity contribution in [2.45, 2.75) is 19.8 Å². The minimum absolute atomic E-state index is 0.0110. The molecule has 1 amide bonds. The largest absolute Gasteiger partial charge is 0.493 e. The van der Waals surface area contributed by atoms with Crippen molar-refractivity contribution in [1.82, 2.24) is 10.3 Å². The molecular formula is C18H20N2O3. The molecule has 1 aliphatic rings. The van der Waals surface area contributed by atoms with Crippen LogP contribution >= 0.6 is 0 Å². The van der Waals surface area contributed by atoms with Crippen molar-refractivity contribution in [3.05, 3.63) is 64.1 Å². The van der Waals surface area contributed by atoms with Crippen LogP contribution in [0.2, 0.25) is 0 Å². The molecule has 5 nitrogen and oxygen atoms in total. The van der Waals surface area contributed by atoms with E-state index in [1.54, 1.807) is 6.92 Å². The van der Waals surface area contributed by atoms with Crippen molar-refractivity contribution >= 4 is 5.91 Å². The van der Waals surface area contributed by atoms with Crippen LogP contribution in [0.3, 0.4) is 0 Å². The highest BCUT2D eigenvalue weighted by molar-refractivity contribution is 5.93. The van der Waals surface area contributed by atoms with Gasteiger partial charge in [0.05, 0.1) is 6.61 Å². The van der Waals surface area contributed by atoms with Gasteiger partial charge in [-0.3, -0.25) is 9.59 Å². The van der Waals surface area contributed by atoms with Crippen LogP contribution in [0.4, 0.5) is 0 Å². The molecular weight excluding hydrogens is 292 g/mol. The quantitative estimate of drug-likeness (QED) is 0.859. The van der Waals surface area contributed by atoms with Crippen LogP contribution in [0.5, 0.6) is 5.75 Å². The monoisotopic (exact) mass is 312 g/mol. The number of amides is 1. The molecule has 1 aliphatic carbocycles. The molecule has 5 heteroatoms. The summed E-state index contributed by atoms with van der Waals surface area (Å²) in [6.45, 7) is 2.87. The van der Waals surface area contributed by atoms with Crippen molar-refractivity contribution in [3.63, 3.8) is 0 Å². The number of para-hydroxylation sites is 1. The summed E-state index contributed by atoms with van der Waals surface area (Å²) in [5.74, 6) is 0.498. The molecule has 23 heavy (non-hydrogen) atoms. The zero-order valence-electron chi connectivity index (χ0n) is 13.1. The SMILES string of the molecule is Cc1cc(=O)c(C(=O)NCC2(COc3ccccc3)CC2)c[nH]1. The van der Waals surface area contributed by atoms with Gasteiger partial charge in [-0.15, -0.1) is 0 Å². The van der Waals surface area contributed by atoms with Gasteiger partial charge in [-0.2, -0.15) is 0 Å². The second kappa shape index (κ2) is 6.28. The third-order valence-corrected chi connectivity index (χ3v) is 4.17. The number of aromatic amines is 1. The number of H-pyrrole nitrogens is 1. The van der Waals surface area contributed by atoms with E-state index in [-0.39, 0.29) is 22.3 Å². The number of rotatable bonds is 6. The molecule has 0 atom stereocenters. The van der Waals surface area contributed by atoms with Gasteiger partial charge in [0.25, 0.3) is 5.91 Å². The van der Waals surface area contributed by atoms with Crippen LogP contribution in [0, 0.1) is 12.3 Å². The van der Waals surface area contributed by atoms with E-state index in [0.29, 0.717) is 13.2 Å². The molecule has 1 aromatic carbocycles. The summed E-state index contributed by atoms with van der Waals surface area (Å²) in [5.41, 5.74) is 0.615. The number of carbonyl (C=O) groups is 1. The van der Waals surface area contributed by atoms with E-state index in [1.165, 1.54) is 12.3 Å². The number of pyridine rings is 1. The minimum Gasteiger partial charge on any atom is -0.493 e. The summed E-state index contributed by atoms with van der Waals surface area (Å²) in [4.78, 5) is 26.9. The third kappa shape index (κ3) is 3.80. The number of hydrogen-bond acceptors (Lipinski definition) is 3. The molecule has 1 heterocycles. The fourth-order valence-corrected chi connectivity index (χ4v) is 2.42. The van der Waals surface area contributed by atoms with Gasteiger partial charge in [0.15, 0.2) is 5.43 Å². The second-order valence-corrected chi connectivity index (χ2v) is 6.18. The summed E-state index contributed by atoms with van der Waals surface area (Å²) in [5, 5.41) is 2.86. The molecule has 2 aromatic rings. The number of ether oxygens (including phenoxy) is 1. The summed E-state index contributed by atoms with van der Waals surface area (Å²) >= 11 is 0. The van der Waals surface area contributed by atoms with E-state index in [2.05, 4.69) is 10.3 Å². The van der Waals surface area contributed by atoms with Crippen LogP contribution in [-0.2, 0) is 0 Å². The number of nitrogens with one attached hydrogen (secondary N) is 2. The van der Waals surface area contributed by atoms with E-state index in [0.717, 1.165) is 24.3 Å². The highest BCUT2D eigenvalue weighted by Crippen LogP contribution is 2.45. The highest BCUT2D eigenvalue weighted by Gasteiger charge is 2.43. The Morgan fingerprint density at radius 3 is 2.70 bits per heavy atom. The van der Waals surface area contributed by atoms with Crippen LogP contribution in [0.1, 0.15) is 28.9 Å².